The Hall–Kier alpha value is -3.84. The van der Waals surface area contributed by atoms with Gasteiger partial charge in [0.15, 0.2) is 5.76 Å². The van der Waals surface area contributed by atoms with Crippen LogP contribution in [0.2, 0.25) is 0 Å². The summed E-state index contributed by atoms with van der Waals surface area (Å²) in [4.78, 5) is 2.24. The number of nitrogens with zero attached hydrogens (tertiary/aromatic N) is 2. The maximum absolute atomic E-state index is 12.8. The van der Waals surface area contributed by atoms with Crippen LogP contribution in [-0.4, -0.2) is 53.2 Å². The minimum absolute atomic E-state index is 0.156. The summed E-state index contributed by atoms with van der Waals surface area (Å²) >= 11 is 0. The third kappa shape index (κ3) is 5.15. The predicted molar refractivity (Wildman–Crippen MR) is 132 cm³/mol. The number of alkyl halides is 1. The standard InChI is InChI=1S/C28H27FN2O4/c29-17-19-13-14-31(18-19)15-16-34-25-11-5-20(6-12-25)26-27(21-1-7-23(32)8-2-21)30-35-28(26)22-3-9-24(33)10-4-22/h1-12,19,32-33H,13-18H2. The van der Waals surface area contributed by atoms with Crippen molar-refractivity contribution < 1.29 is 23.9 Å². The van der Waals surface area contributed by atoms with E-state index in [-0.39, 0.29) is 24.1 Å². The Kier molecular flexibility index (Phi) is 6.68. The Balaban J connectivity index is 1.39. The molecule has 180 valence electrons. The predicted octanol–water partition coefficient (Wildman–Crippen LogP) is 5.76. The molecule has 0 bridgehead atoms. The normalized spacial score (nSPS) is 16.0. The second kappa shape index (κ2) is 10.2. The minimum Gasteiger partial charge on any atom is -0.508 e. The van der Waals surface area contributed by atoms with Crippen LogP contribution in [0.25, 0.3) is 33.7 Å². The molecular formula is C28H27FN2O4. The molecule has 4 aromatic rings. The van der Waals surface area contributed by atoms with Gasteiger partial charge in [0.05, 0.1) is 12.2 Å². The van der Waals surface area contributed by atoms with Gasteiger partial charge < -0.3 is 19.5 Å². The Morgan fingerprint density at radius 1 is 0.886 bits per heavy atom. The van der Waals surface area contributed by atoms with Crippen LogP contribution >= 0.6 is 0 Å². The van der Waals surface area contributed by atoms with E-state index >= 15 is 0 Å². The summed E-state index contributed by atoms with van der Waals surface area (Å²) in [6.45, 7) is 2.79. The van der Waals surface area contributed by atoms with Crippen LogP contribution in [0.1, 0.15) is 6.42 Å². The molecule has 0 saturated carbocycles. The number of hydrogen-bond acceptors (Lipinski definition) is 6. The number of ether oxygens (including phenoxy) is 1. The molecule has 6 nitrogen and oxygen atoms in total. The fourth-order valence-corrected chi connectivity index (χ4v) is 4.44. The molecule has 1 unspecified atom stereocenters. The molecule has 2 heterocycles. The maximum Gasteiger partial charge on any atom is 0.175 e. The van der Waals surface area contributed by atoms with Gasteiger partial charge in [0, 0.05) is 30.1 Å². The maximum atomic E-state index is 12.8. The van der Waals surface area contributed by atoms with Crippen molar-refractivity contribution in [1.82, 2.24) is 10.1 Å². The second-order valence-electron chi connectivity index (χ2n) is 8.81. The van der Waals surface area contributed by atoms with Gasteiger partial charge in [-0.2, -0.15) is 0 Å². The van der Waals surface area contributed by atoms with Gasteiger partial charge in [0.2, 0.25) is 0 Å². The van der Waals surface area contributed by atoms with Crippen molar-refractivity contribution in [3.05, 3.63) is 72.8 Å². The summed E-state index contributed by atoms with van der Waals surface area (Å²) in [5.41, 5.74) is 3.95. The number of halogens is 1. The number of phenolic OH excluding ortho intramolecular Hbond substituents is 2. The number of hydrogen-bond donors (Lipinski definition) is 2. The van der Waals surface area contributed by atoms with E-state index in [0.29, 0.717) is 18.1 Å². The molecule has 35 heavy (non-hydrogen) atoms. The summed E-state index contributed by atoms with van der Waals surface area (Å²) in [6.07, 6.45) is 0.913. The van der Waals surface area contributed by atoms with E-state index in [1.165, 1.54) is 0 Å². The van der Waals surface area contributed by atoms with Crippen LogP contribution in [0.5, 0.6) is 17.2 Å². The van der Waals surface area contributed by atoms with Crippen molar-refractivity contribution >= 4 is 0 Å². The Bertz CT molecular complexity index is 1190. The van der Waals surface area contributed by atoms with Gasteiger partial charge in [-0.25, -0.2) is 0 Å². The number of likely N-dealkylation sites (tertiary alicyclic amines) is 1. The first-order chi connectivity index (χ1) is 17.1. The zero-order valence-corrected chi connectivity index (χ0v) is 19.2. The average Bonchev–Trinajstić information content (AvgIpc) is 3.53. The van der Waals surface area contributed by atoms with Crippen LogP contribution < -0.4 is 4.74 Å². The molecular weight excluding hydrogens is 447 g/mol. The van der Waals surface area contributed by atoms with Gasteiger partial charge in [-0.3, -0.25) is 9.29 Å². The molecule has 0 aliphatic carbocycles. The van der Waals surface area contributed by atoms with E-state index in [1.54, 1.807) is 48.5 Å². The van der Waals surface area contributed by atoms with Crippen LogP contribution in [0.4, 0.5) is 4.39 Å². The van der Waals surface area contributed by atoms with E-state index < -0.39 is 0 Å². The molecule has 5 rings (SSSR count). The molecule has 0 radical (unpaired) electrons. The Morgan fingerprint density at radius 3 is 2.14 bits per heavy atom. The lowest BCUT2D eigenvalue weighted by Gasteiger charge is -2.16. The number of rotatable bonds is 8. The highest BCUT2D eigenvalue weighted by Gasteiger charge is 2.23. The highest BCUT2D eigenvalue weighted by Crippen LogP contribution is 2.41. The van der Waals surface area contributed by atoms with E-state index in [9.17, 15) is 14.6 Å². The van der Waals surface area contributed by atoms with Crippen molar-refractivity contribution in [2.75, 3.05) is 32.9 Å². The summed E-state index contributed by atoms with van der Waals surface area (Å²) in [5.74, 6) is 1.84. The first-order valence-corrected chi connectivity index (χ1v) is 11.7. The molecule has 1 aliphatic heterocycles. The topological polar surface area (TPSA) is 79.0 Å². The molecule has 1 aliphatic rings. The summed E-state index contributed by atoms with van der Waals surface area (Å²) in [5, 5.41) is 23.7. The van der Waals surface area contributed by atoms with Crippen LogP contribution in [0.15, 0.2) is 77.3 Å². The molecule has 3 aromatic carbocycles. The Morgan fingerprint density at radius 2 is 1.51 bits per heavy atom. The first kappa shape index (κ1) is 22.9. The van der Waals surface area contributed by atoms with Crippen molar-refractivity contribution in [2.24, 2.45) is 5.92 Å². The monoisotopic (exact) mass is 474 g/mol. The number of aromatic hydroxyl groups is 2. The lowest BCUT2D eigenvalue weighted by Crippen LogP contribution is -2.26. The van der Waals surface area contributed by atoms with Crippen molar-refractivity contribution in [2.45, 2.75) is 6.42 Å². The van der Waals surface area contributed by atoms with Crippen LogP contribution in [-0.2, 0) is 0 Å². The SMILES string of the molecule is Oc1ccc(-c2noc(-c3ccc(O)cc3)c2-c2ccc(OCCN3CCC(CF)C3)cc2)cc1. The molecule has 0 spiro atoms. The number of aromatic nitrogens is 1. The lowest BCUT2D eigenvalue weighted by atomic mass is 9.96. The molecule has 7 heteroatoms. The van der Waals surface area contributed by atoms with Gasteiger partial charge in [-0.05, 0) is 79.2 Å². The van der Waals surface area contributed by atoms with E-state index in [4.69, 9.17) is 9.26 Å². The van der Waals surface area contributed by atoms with E-state index in [0.717, 1.165) is 54.1 Å². The third-order valence-corrected chi connectivity index (χ3v) is 6.37. The fraction of sp³-hybridized carbons (Fsp3) is 0.250. The zero-order valence-electron chi connectivity index (χ0n) is 19.2. The molecule has 1 fully saturated rings. The molecule has 1 aromatic heterocycles. The quantitative estimate of drug-likeness (QED) is 0.338. The summed E-state index contributed by atoms with van der Waals surface area (Å²) in [6, 6.07) is 21.3. The van der Waals surface area contributed by atoms with Gasteiger partial charge in [-0.15, -0.1) is 0 Å². The van der Waals surface area contributed by atoms with E-state index in [2.05, 4.69) is 10.1 Å². The average molecular weight is 475 g/mol. The van der Waals surface area contributed by atoms with Gasteiger partial charge in [-0.1, -0.05) is 17.3 Å². The van der Waals surface area contributed by atoms with Crippen LogP contribution in [0.3, 0.4) is 0 Å². The molecule has 1 saturated heterocycles. The molecule has 0 amide bonds. The van der Waals surface area contributed by atoms with Gasteiger partial charge >= 0.3 is 0 Å². The highest BCUT2D eigenvalue weighted by molar-refractivity contribution is 5.90. The first-order valence-electron chi connectivity index (χ1n) is 11.7. The highest BCUT2D eigenvalue weighted by atomic mass is 19.1. The smallest absolute Gasteiger partial charge is 0.175 e. The van der Waals surface area contributed by atoms with Gasteiger partial charge in [0.1, 0.15) is 29.5 Å². The summed E-state index contributed by atoms with van der Waals surface area (Å²) in [7, 11) is 0. The molecule has 1 atom stereocenters. The Labute approximate surface area is 203 Å². The lowest BCUT2D eigenvalue weighted by molar-refractivity contribution is 0.228. The number of benzene rings is 3. The van der Waals surface area contributed by atoms with Crippen molar-refractivity contribution in [1.29, 1.82) is 0 Å². The van der Waals surface area contributed by atoms with Gasteiger partial charge in [0.25, 0.3) is 0 Å². The zero-order chi connectivity index (χ0) is 24.2. The van der Waals surface area contributed by atoms with Crippen molar-refractivity contribution in [3.8, 4) is 51.0 Å². The second-order valence-corrected chi connectivity index (χ2v) is 8.81. The van der Waals surface area contributed by atoms with E-state index in [1.807, 2.05) is 24.3 Å². The fourth-order valence-electron chi connectivity index (χ4n) is 4.44. The van der Waals surface area contributed by atoms with Crippen LogP contribution in [0, 0.1) is 5.92 Å². The third-order valence-electron chi connectivity index (χ3n) is 6.37. The largest absolute Gasteiger partial charge is 0.508 e. The summed E-state index contributed by atoms with van der Waals surface area (Å²) < 4.78 is 24.5. The minimum atomic E-state index is -0.250. The number of phenols is 2. The van der Waals surface area contributed by atoms with Crippen molar-refractivity contribution in [3.63, 3.8) is 0 Å². The molecule has 2 N–H and O–H groups in total.